The Labute approximate surface area is 242 Å². The number of amides is 1. The molecule has 1 amide bonds. The molecule has 4 aromatic rings. The van der Waals surface area contributed by atoms with Crippen LogP contribution >= 0.6 is 11.3 Å². The van der Waals surface area contributed by atoms with E-state index in [1.165, 1.54) is 10.9 Å². The molecule has 16 heteroatoms. The minimum absolute atomic E-state index is 0.00842. The molecule has 220 valence electrons. The Morgan fingerprint density at radius 3 is 2.50 bits per heavy atom. The highest BCUT2D eigenvalue weighted by atomic mass is 32.2. The molecule has 4 heterocycles. The van der Waals surface area contributed by atoms with Gasteiger partial charge in [0.25, 0.3) is 6.43 Å². The fraction of sp³-hybridized carbons (Fsp3) is 0.462. The van der Waals surface area contributed by atoms with Crippen LogP contribution in [0.5, 0.6) is 0 Å². The molecule has 1 aromatic carbocycles. The van der Waals surface area contributed by atoms with E-state index in [-0.39, 0.29) is 39.4 Å². The zero-order valence-electron chi connectivity index (χ0n) is 22.5. The van der Waals surface area contributed by atoms with Crippen molar-refractivity contribution in [3.05, 3.63) is 35.0 Å². The Bertz CT molecular complexity index is 1870. The molecule has 42 heavy (non-hydrogen) atoms. The molecule has 1 saturated carbocycles. The van der Waals surface area contributed by atoms with Crippen LogP contribution in [-0.4, -0.2) is 62.6 Å². The van der Waals surface area contributed by atoms with E-state index in [0.717, 1.165) is 12.1 Å². The van der Waals surface area contributed by atoms with E-state index >= 15 is 4.39 Å². The number of carbonyl (C=O) groups excluding carboxylic acids is 1. The molecule has 3 aromatic heterocycles. The number of rotatable bonds is 7. The minimum atomic E-state index is -4.47. The number of benzene rings is 1. The Morgan fingerprint density at radius 2 is 1.90 bits per heavy atom. The zero-order chi connectivity index (χ0) is 30.0. The zero-order valence-corrected chi connectivity index (χ0v) is 24.1. The fourth-order valence-electron chi connectivity index (χ4n) is 5.39. The Kier molecular flexibility index (Phi) is 6.94. The first-order valence-electron chi connectivity index (χ1n) is 13.3. The topological polar surface area (TPSA) is 147 Å². The second-order valence-corrected chi connectivity index (χ2v) is 13.5. The molecule has 6 rings (SSSR count). The van der Waals surface area contributed by atoms with Crippen molar-refractivity contribution in [2.24, 2.45) is 5.92 Å². The molecule has 1 N–H and O–H groups in total. The van der Waals surface area contributed by atoms with Gasteiger partial charge < -0.3 is 4.90 Å². The van der Waals surface area contributed by atoms with Gasteiger partial charge in [0, 0.05) is 35.7 Å². The van der Waals surface area contributed by atoms with Crippen molar-refractivity contribution in [2.45, 2.75) is 62.3 Å². The summed E-state index contributed by atoms with van der Waals surface area (Å²) >= 11 is 0.601. The third kappa shape index (κ3) is 4.78. The Balaban J connectivity index is 1.53. The number of nitriles is 1. The summed E-state index contributed by atoms with van der Waals surface area (Å²) in [5.74, 6) is -1.27. The standard InChI is InChI=1S/C26H25F3N8O3S2/c1-13(2)24(38)36-7-3-14(4-8-36)20-19-15-9-16(27)18(42(39,40)35-26(11-30)5-6-26)10-17(15)37(22(19)32-12-31-20)25-34-33-23(41-25)21(28)29/h9-10,12-14,21,35H,3-8H2,1-2H3. The van der Waals surface area contributed by atoms with Crippen LogP contribution in [0.1, 0.15) is 62.6 Å². The van der Waals surface area contributed by atoms with Gasteiger partial charge in [-0.25, -0.2) is 31.6 Å². The van der Waals surface area contributed by atoms with Crippen molar-refractivity contribution in [3.8, 4) is 11.2 Å². The van der Waals surface area contributed by atoms with Crippen molar-refractivity contribution >= 4 is 49.2 Å². The average molecular weight is 619 g/mol. The lowest BCUT2D eigenvalue weighted by Gasteiger charge is -2.33. The van der Waals surface area contributed by atoms with Gasteiger partial charge in [0.15, 0.2) is 10.7 Å². The molecule has 2 aliphatic rings. The molecular formula is C26H25F3N8O3S2. The lowest BCUT2D eigenvalue weighted by Crippen LogP contribution is -2.40. The number of aromatic nitrogens is 5. The van der Waals surface area contributed by atoms with E-state index in [9.17, 15) is 27.3 Å². The number of hydrogen-bond donors (Lipinski definition) is 1. The Hall–Kier alpha value is -3.68. The molecule has 11 nitrogen and oxygen atoms in total. The van der Waals surface area contributed by atoms with E-state index in [0.29, 0.717) is 61.2 Å². The van der Waals surface area contributed by atoms with Crippen molar-refractivity contribution in [2.75, 3.05) is 13.1 Å². The molecule has 2 fully saturated rings. The van der Waals surface area contributed by atoms with E-state index in [2.05, 4.69) is 24.9 Å². The number of hydrogen-bond acceptors (Lipinski definition) is 9. The van der Waals surface area contributed by atoms with E-state index in [1.807, 2.05) is 19.9 Å². The van der Waals surface area contributed by atoms with Gasteiger partial charge in [-0.3, -0.25) is 9.36 Å². The van der Waals surface area contributed by atoms with E-state index < -0.39 is 37.7 Å². The van der Waals surface area contributed by atoms with Gasteiger partial charge in [0.2, 0.25) is 21.1 Å². The molecule has 1 saturated heterocycles. The normalized spacial score (nSPS) is 17.4. The summed E-state index contributed by atoms with van der Waals surface area (Å²) in [6.45, 7) is 4.69. The highest BCUT2D eigenvalue weighted by molar-refractivity contribution is 7.89. The van der Waals surface area contributed by atoms with Crippen LogP contribution < -0.4 is 4.72 Å². The second-order valence-electron chi connectivity index (χ2n) is 10.9. The number of alkyl halides is 2. The molecule has 1 aliphatic heterocycles. The average Bonchev–Trinajstić information content (AvgIpc) is 3.41. The number of likely N-dealkylation sites (tertiary alicyclic amines) is 1. The molecule has 0 unspecified atom stereocenters. The highest BCUT2D eigenvalue weighted by Gasteiger charge is 2.47. The minimum Gasteiger partial charge on any atom is -0.342 e. The van der Waals surface area contributed by atoms with E-state index in [4.69, 9.17) is 0 Å². The fourth-order valence-corrected chi connectivity index (χ4v) is 7.56. The molecule has 0 atom stereocenters. The maximum absolute atomic E-state index is 15.6. The Morgan fingerprint density at radius 1 is 1.19 bits per heavy atom. The van der Waals surface area contributed by atoms with Crippen molar-refractivity contribution in [1.82, 2.24) is 34.4 Å². The highest BCUT2D eigenvalue weighted by Crippen LogP contribution is 2.41. The van der Waals surface area contributed by atoms with Crippen molar-refractivity contribution in [1.29, 1.82) is 5.26 Å². The summed E-state index contributed by atoms with van der Waals surface area (Å²) in [5, 5.41) is 17.0. The third-order valence-corrected chi connectivity index (χ3v) is 10.2. The molecule has 0 bridgehead atoms. The quantitative estimate of drug-likeness (QED) is 0.324. The predicted octanol–water partition coefficient (Wildman–Crippen LogP) is 4.20. The van der Waals surface area contributed by atoms with Gasteiger partial charge in [-0.15, -0.1) is 10.2 Å². The smallest absolute Gasteiger partial charge is 0.291 e. The first-order valence-corrected chi connectivity index (χ1v) is 15.6. The molecule has 0 spiro atoms. The van der Waals surface area contributed by atoms with Crippen LogP contribution in [0.3, 0.4) is 0 Å². The van der Waals surface area contributed by atoms with Gasteiger partial charge in [-0.2, -0.15) is 9.98 Å². The van der Waals surface area contributed by atoms with Gasteiger partial charge in [0.05, 0.1) is 17.3 Å². The summed E-state index contributed by atoms with van der Waals surface area (Å²) in [5.41, 5.74) is -0.332. The maximum atomic E-state index is 15.6. The molecule has 0 radical (unpaired) electrons. The summed E-state index contributed by atoms with van der Waals surface area (Å²) in [7, 11) is -4.47. The molecular weight excluding hydrogens is 593 g/mol. The predicted molar refractivity (Wildman–Crippen MR) is 146 cm³/mol. The SMILES string of the molecule is CC(C)C(=O)N1CCC(c2ncnc3c2c2cc(F)c(S(=O)(=O)NC4(C#N)CC4)cc2n3-c2nnc(C(F)F)s2)CC1. The number of nitrogens with zero attached hydrogens (tertiary/aromatic N) is 7. The summed E-state index contributed by atoms with van der Waals surface area (Å²) in [6, 6.07) is 4.08. The number of nitrogens with one attached hydrogen (secondary N) is 1. The first-order chi connectivity index (χ1) is 19.9. The van der Waals surface area contributed by atoms with Crippen LogP contribution in [-0.2, 0) is 14.8 Å². The number of sulfonamides is 1. The van der Waals surface area contributed by atoms with Crippen LogP contribution in [0.4, 0.5) is 13.2 Å². The van der Waals surface area contributed by atoms with Crippen molar-refractivity contribution < 1.29 is 26.4 Å². The van der Waals surface area contributed by atoms with Gasteiger partial charge in [0.1, 0.15) is 22.6 Å². The first kappa shape index (κ1) is 28.4. The van der Waals surface area contributed by atoms with Crippen LogP contribution in [0, 0.1) is 23.1 Å². The van der Waals surface area contributed by atoms with Crippen LogP contribution in [0.15, 0.2) is 23.4 Å². The van der Waals surface area contributed by atoms with Crippen LogP contribution in [0.2, 0.25) is 0 Å². The number of halogens is 3. The van der Waals surface area contributed by atoms with Crippen LogP contribution in [0.25, 0.3) is 27.1 Å². The second kappa shape index (κ2) is 10.2. The number of carbonyl (C=O) groups is 1. The summed E-state index contributed by atoms with van der Waals surface area (Å²) in [4.78, 5) is 22.5. The van der Waals surface area contributed by atoms with Gasteiger partial charge in [-0.05, 0) is 37.8 Å². The van der Waals surface area contributed by atoms with Crippen molar-refractivity contribution in [3.63, 3.8) is 0 Å². The van der Waals surface area contributed by atoms with Gasteiger partial charge in [-0.1, -0.05) is 25.2 Å². The number of fused-ring (bicyclic) bond motifs is 3. The summed E-state index contributed by atoms with van der Waals surface area (Å²) in [6.07, 6.45) is 0.198. The lowest BCUT2D eigenvalue weighted by atomic mass is 9.90. The number of piperidine rings is 1. The maximum Gasteiger partial charge on any atom is 0.291 e. The van der Waals surface area contributed by atoms with E-state index in [1.54, 1.807) is 4.90 Å². The molecule has 1 aliphatic carbocycles. The lowest BCUT2D eigenvalue weighted by molar-refractivity contribution is -0.135. The monoisotopic (exact) mass is 618 g/mol. The summed E-state index contributed by atoms with van der Waals surface area (Å²) < 4.78 is 72.6. The van der Waals surface area contributed by atoms with Gasteiger partial charge >= 0.3 is 0 Å². The largest absolute Gasteiger partial charge is 0.342 e. The third-order valence-electron chi connectivity index (χ3n) is 7.71.